The molecule has 1 heterocycles. The van der Waals surface area contributed by atoms with Gasteiger partial charge in [-0.2, -0.15) is 0 Å². The highest BCUT2D eigenvalue weighted by molar-refractivity contribution is 6.31. The van der Waals surface area contributed by atoms with Gasteiger partial charge in [-0.3, -0.25) is 4.98 Å². The molecule has 0 aliphatic rings. The van der Waals surface area contributed by atoms with Gasteiger partial charge in [0, 0.05) is 12.6 Å². The van der Waals surface area contributed by atoms with Crippen LogP contribution in [0.2, 0.25) is 5.02 Å². The van der Waals surface area contributed by atoms with Crippen LogP contribution in [0.25, 0.3) is 0 Å². The van der Waals surface area contributed by atoms with Gasteiger partial charge >= 0.3 is 0 Å². The molecule has 0 aliphatic carbocycles. The minimum atomic E-state index is -0.667. The van der Waals surface area contributed by atoms with Crippen LogP contribution in [0.5, 0.6) is 0 Å². The summed E-state index contributed by atoms with van der Waals surface area (Å²) in [5, 5.41) is 10.7. The molecule has 2 aromatic rings. The molecule has 0 fully saturated rings. The molecule has 3 heteroatoms. The Morgan fingerprint density at radius 2 is 2.06 bits per heavy atom. The highest BCUT2D eigenvalue weighted by atomic mass is 35.5. The molecule has 1 atom stereocenters. The van der Waals surface area contributed by atoms with Crippen LogP contribution in [0.1, 0.15) is 28.5 Å². The molecule has 0 saturated heterocycles. The molecule has 94 valence electrons. The van der Waals surface area contributed by atoms with E-state index in [1.807, 2.05) is 13.8 Å². The largest absolute Gasteiger partial charge is 0.386 e. The summed E-state index contributed by atoms with van der Waals surface area (Å²) in [4.78, 5) is 4.14. The van der Waals surface area contributed by atoms with Crippen LogP contribution in [0.4, 0.5) is 0 Å². The number of nitrogens with zero attached hydrogens (tertiary/aromatic N) is 1. The van der Waals surface area contributed by atoms with Crippen LogP contribution in [0, 0.1) is 13.8 Å². The molecule has 2 rings (SSSR count). The minimum absolute atomic E-state index is 0.510. The SMILES string of the molecule is Cc1ccc(C)c(CC(O)c2ncccc2Cl)c1. The van der Waals surface area contributed by atoms with Crippen LogP contribution < -0.4 is 0 Å². The first-order valence-electron chi connectivity index (χ1n) is 5.92. The lowest BCUT2D eigenvalue weighted by Gasteiger charge is -2.13. The quantitative estimate of drug-likeness (QED) is 0.915. The van der Waals surface area contributed by atoms with E-state index in [0.717, 1.165) is 5.56 Å². The summed E-state index contributed by atoms with van der Waals surface area (Å²) >= 11 is 6.03. The average molecular weight is 262 g/mol. The zero-order valence-electron chi connectivity index (χ0n) is 10.5. The fourth-order valence-electron chi connectivity index (χ4n) is 1.97. The second kappa shape index (κ2) is 5.51. The van der Waals surface area contributed by atoms with Crippen LogP contribution in [0.15, 0.2) is 36.5 Å². The molecule has 0 bridgehead atoms. The highest BCUT2D eigenvalue weighted by Crippen LogP contribution is 2.24. The molecule has 0 aliphatic heterocycles. The van der Waals surface area contributed by atoms with E-state index in [1.54, 1.807) is 18.3 Å². The van der Waals surface area contributed by atoms with E-state index < -0.39 is 6.10 Å². The monoisotopic (exact) mass is 261 g/mol. The smallest absolute Gasteiger partial charge is 0.101 e. The molecule has 1 unspecified atom stereocenters. The van der Waals surface area contributed by atoms with Crippen LogP contribution in [-0.2, 0) is 6.42 Å². The summed E-state index contributed by atoms with van der Waals surface area (Å²) in [5.74, 6) is 0. The van der Waals surface area contributed by atoms with E-state index in [1.165, 1.54) is 11.1 Å². The Morgan fingerprint density at radius 1 is 1.28 bits per heavy atom. The van der Waals surface area contributed by atoms with Gasteiger partial charge in [0.1, 0.15) is 6.10 Å². The molecule has 0 radical (unpaired) electrons. The van der Waals surface area contributed by atoms with Crippen molar-refractivity contribution < 1.29 is 5.11 Å². The van der Waals surface area contributed by atoms with Crippen molar-refractivity contribution in [1.29, 1.82) is 0 Å². The van der Waals surface area contributed by atoms with E-state index in [0.29, 0.717) is 17.1 Å². The zero-order chi connectivity index (χ0) is 13.1. The second-order valence-electron chi connectivity index (χ2n) is 4.52. The number of benzene rings is 1. The summed E-state index contributed by atoms with van der Waals surface area (Å²) in [7, 11) is 0. The fourth-order valence-corrected chi connectivity index (χ4v) is 2.22. The van der Waals surface area contributed by atoms with Crippen molar-refractivity contribution in [1.82, 2.24) is 4.98 Å². The second-order valence-corrected chi connectivity index (χ2v) is 4.93. The first-order chi connectivity index (χ1) is 8.58. The lowest BCUT2D eigenvalue weighted by molar-refractivity contribution is 0.173. The van der Waals surface area contributed by atoms with Crippen molar-refractivity contribution in [2.75, 3.05) is 0 Å². The molecule has 2 nitrogen and oxygen atoms in total. The maximum atomic E-state index is 10.2. The van der Waals surface area contributed by atoms with Gasteiger partial charge in [0.15, 0.2) is 0 Å². The van der Waals surface area contributed by atoms with Gasteiger partial charge in [0.25, 0.3) is 0 Å². The molecule has 18 heavy (non-hydrogen) atoms. The van der Waals surface area contributed by atoms with Crippen LogP contribution in [0.3, 0.4) is 0 Å². The van der Waals surface area contributed by atoms with Crippen molar-refractivity contribution in [2.45, 2.75) is 26.4 Å². The average Bonchev–Trinajstić information content (AvgIpc) is 2.34. The van der Waals surface area contributed by atoms with Gasteiger partial charge in [0.05, 0.1) is 10.7 Å². The third-order valence-electron chi connectivity index (χ3n) is 3.02. The van der Waals surface area contributed by atoms with Crippen LogP contribution in [-0.4, -0.2) is 10.1 Å². The van der Waals surface area contributed by atoms with Gasteiger partial charge in [0.2, 0.25) is 0 Å². The number of pyridine rings is 1. The highest BCUT2D eigenvalue weighted by Gasteiger charge is 2.14. The third kappa shape index (κ3) is 2.89. The van der Waals surface area contributed by atoms with Gasteiger partial charge in [-0.15, -0.1) is 0 Å². The van der Waals surface area contributed by atoms with Crippen molar-refractivity contribution in [3.8, 4) is 0 Å². The molecule has 0 spiro atoms. The summed E-state index contributed by atoms with van der Waals surface area (Å²) in [6.45, 7) is 4.09. The Kier molecular flexibility index (Phi) is 4.00. The lowest BCUT2D eigenvalue weighted by atomic mass is 9.99. The van der Waals surface area contributed by atoms with Crippen molar-refractivity contribution in [3.63, 3.8) is 0 Å². The molecule has 1 N–H and O–H groups in total. The minimum Gasteiger partial charge on any atom is -0.386 e. The topological polar surface area (TPSA) is 33.1 Å². The molecule has 1 aromatic heterocycles. The van der Waals surface area contributed by atoms with Gasteiger partial charge in [-0.05, 0) is 37.1 Å². The van der Waals surface area contributed by atoms with Crippen molar-refractivity contribution in [3.05, 3.63) is 63.9 Å². The van der Waals surface area contributed by atoms with Crippen molar-refractivity contribution >= 4 is 11.6 Å². The summed E-state index contributed by atoms with van der Waals surface area (Å²) in [5.41, 5.74) is 4.03. The Balaban J connectivity index is 2.24. The Labute approximate surface area is 112 Å². The first kappa shape index (κ1) is 13.1. The lowest BCUT2D eigenvalue weighted by Crippen LogP contribution is -2.06. The number of aliphatic hydroxyl groups excluding tert-OH is 1. The number of hydrogen-bond acceptors (Lipinski definition) is 2. The Hall–Kier alpha value is -1.38. The standard InChI is InChI=1S/C15H16ClNO/c1-10-5-6-11(2)12(8-10)9-14(18)15-13(16)4-3-7-17-15/h3-8,14,18H,9H2,1-2H3. The zero-order valence-corrected chi connectivity index (χ0v) is 11.3. The van der Waals surface area contributed by atoms with E-state index >= 15 is 0 Å². The third-order valence-corrected chi connectivity index (χ3v) is 3.34. The van der Waals surface area contributed by atoms with Gasteiger partial charge in [-0.1, -0.05) is 35.4 Å². The predicted molar refractivity (Wildman–Crippen MR) is 73.8 cm³/mol. The Morgan fingerprint density at radius 3 is 2.78 bits per heavy atom. The summed E-state index contributed by atoms with van der Waals surface area (Å²) in [6, 6.07) is 9.73. The summed E-state index contributed by atoms with van der Waals surface area (Å²) < 4.78 is 0. The maximum Gasteiger partial charge on any atom is 0.101 e. The molecular formula is C15H16ClNO. The maximum absolute atomic E-state index is 10.2. The summed E-state index contributed by atoms with van der Waals surface area (Å²) in [6.07, 6.45) is 1.51. The Bertz CT molecular complexity index is 554. The van der Waals surface area contributed by atoms with Gasteiger partial charge in [-0.25, -0.2) is 0 Å². The van der Waals surface area contributed by atoms with E-state index in [2.05, 4.69) is 23.2 Å². The molecule has 0 saturated carbocycles. The first-order valence-corrected chi connectivity index (χ1v) is 6.30. The van der Waals surface area contributed by atoms with Gasteiger partial charge < -0.3 is 5.11 Å². The fraction of sp³-hybridized carbons (Fsp3) is 0.267. The number of hydrogen-bond donors (Lipinski definition) is 1. The van der Waals surface area contributed by atoms with E-state index in [9.17, 15) is 5.11 Å². The molecule has 0 amide bonds. The van der Waals surface area contributed by atoms with E-state index in [4.69, 9.17) is 11.6 Å². The number of aromatic nitrogens is 1. The molecular weight excluding hydrogens is 246 g/mol. The number of aliphatic hydroxyl groups is 1. The number of rotatable bonds is 3. The van der Waals surface area contributed by atoms with Crippen molar-refractivity contribution in [2.24, 2.45) is 0 Å². The number of aryl methyl sites for hydroxylation is 2. The number of halogens is 1. The molecule has 1 aromatic carbocycles. The van der Waals surface area contributed by atoms with E-state index in [-0.39, 0.29) is 0 Å². The normalized spacial score (nSPS) is 12.4. The predicted octanol–water partition coefficient (Wildman–Crippen LogP) is 3.63. The van der Waals surface area contributed by atoms with Crippen LogP contribution >= 0.6 is 11.6 Å².